The van der Waals surface area contributed by atoms with E-state index in [1.54, 1.807) is 6.07 Å². The molecule has 0 atom stereocenters. The van der Waals surface area contributed by atoms with E-state index < -0.39 is 5.82 Å². The summed E-state index contributed by atoms with van der Waals surface area (Å²) in [5.74, 6) is -0.0868. The summed E-state index contributed by atoms with van der Waals surface area (Å²) in [6.07, 6.45) is 1.01. The first kappa shape index (κ1) is 14.0. The van der Waals surface area contributed by atoms with Crippen molar-refractivity contribution < 1.29 is 9.13 Å². The van der Waals surface area contributed by atoms with Crippen molar-refractivity contribution in [2.75, 3.05) is 11.9 Å². The molecule has 0 bridgehead atoms. The molecule has 0 amide bonds. The highest BCUT2D eigenvalue weighted by Crippen LogP contribution is 2.23. The van der Waals surface area contributed by atoms with Gasteiger partial charge in [0.1, 0.15) is 28.9 Å². The molecule has 102 valence electrons. The minimum atomic E-state index is -0.500. The van der Waals surface area contributed by atoms with Crippen LogP contribution in [0, 0.1) is 5.82 Å². The minimum Gasteiger partial charge on any atom is -0.487 e. The molecule has 19 heavy (non-hydrogen) atoms. The molecule has 0 aliphatic rings. The molecule has 0 aliphatic heterocycles. The van der Waals surface area contributed by atoms with E-state index in [0.29, 0.717) is 11.4 Å². The lowest BCUT2D eigenvalue weighted by atomic mass is 10.3. The monoisotopic (exact) mass is 301 g/mol. The summed E-state index contributed by atoms with van der Waals surface area (Å²) in [6.45, 7) is 3.17. The molecule has 1 aromatic heterocycles. The maximum Gasteiger partial charge on any atom is 0.145 e. The maximum atomic E-state index is 13.2. The Morgan fingerprint density at radius 1 is 1.47 bits per heavy atom. The molecule has 4 nitrogen and oxygen atoms in total. The number of rotatable bonds is 6. The second kappa shape index (κ2) is 6.68. The Hall–Kier alpha value is -1.40. The first-order valence-electron chi connectivity index (χ1n) is 5.83. The topological polar surface area (TPSA) is 47.0 Å². The van der Waals surface area contributed by atoms with Gasteiger partial charge in [-0.15, -0.1) is 5.10 Å². The van der Waals surface area contributed by atoms with Crippen LogP contribution in [0.25, 0.3) is 0 Å². The predicted molar refractivity (Wildman–Crippen MR) is 74.4 cm³/mol. The van der Waals surface area contributed by atoms with Gasteiger partial charge in [-0.05, 0) is 18.6 Å². The number of benzene rings is 1. The van der Waals surface area contributed by atoms with Crippen LogP contribution in [0.3, 0.4) is 0 Å². The lowest BCUT2D eigenvalue weighted by Gasteiger charge is -2.07. The van der Waals surface area contributed by atoms with Gasteiger partial charge in [0.15, 0.2) is 0 Å². The van der Waals surface area contributed by atoms with Gasteiger partial charge >= 0.3 is 0 Å². The second-order valence-corrected chi connectivity index (χ2v) is 5.00. The van der Waals surface area contributed by atoms with Crippen LogP contribution in [0.15, 0.2) is 18.2 Å². The summed E-state index contributed by atoms with van der Waals surface area (Å²) >= 11 is 6.88. The highest BCUT2D eigenvalue weighted by molar-refractivity contribution is 7.10. The van der Waals surface area contributed by atoms with Crippen molar-refractivity contribution in [1.29, 1.82) is 0 Å². The van der Waals surface area contributed by atoms with E-state index in [-0.39, 0.29) is 11.6 Å². The third kappa shape index (κ3) is 3.78. The van der Waals surface area contributed by atoms with E-state index in [4.69, 9.17) is 16.3 Å². The third-order valence-electron chi connectivity index (χ3n) is 2.36. The first-order chi connectivity index (χ1) is 9.20. The summed E-state index contributed by atoms with van der Waals surface area (Å²) in [5, 5.41) is 8.17. The Morgan fingerprint density at radius 2 is 2.32 bits per heavy atom. The van der Waals surface area contributed by atoms with Gasteiger partial charge in [-0.3, -0.25) is 0 Å². The molecule has 1 aromatic carbocycles. The van der Waals surface area contributed by atoms with Crippen molar-refractivity contribution in [3.8, 4) is 5.75 Å². The molecule has 0 unspecified atom stereocenters. The quantitative estimate of drug-likeness (QED) is 0.883. The number of halogens is 2. The van der Waals surface area contributed by atoms with Crippen LogP contribution in [0.1, 0.15) is 19.0 Å². The third-order valence-corrected chi connectivity index (χ3v) is 3.39. The van der Waals surface area contributed by atoms with Crippen molar-refractivity contribution >= 4 is 28.1 Å². The van der Waals surface area contributed by atoms with E-state index >= 15 is 0 Å². The van der Waals surface area contributed by atoms with Crippen LogP contribution in [0.5, 0.6) is 5.75 Å². The maximum absolute atomic E-state index is 13.2. The summed E-state index contributed by atoms with van der Waals surface area (Å²) in [7, 11) is 0. The molecule has 7 heteroatoms. The number of anilines is 1. The fraction of sp³-hybridized carbons (Fsp3) is 0.333. The van der Waals surface area contributed by atoms with Crippen molar-refractivity contribution in [1.82, 2.24) is 9.59 Å². The number of aromatic nitrogens is 2. The molecule has 0 saturated heterocycles. The molecule has 0 spiro atoms. The molecule has 2 rings (SSSR count). The zero-order chi connectivity index (χ0) is 13.7. The van der Waals surface area contributed by atoms with Gasteiger partial charge in [0.2, 0.25) is 0 Å². The normalized spacial score (nSPS) is 10.5. The fourth-order valence-electron chi connectivity index (χ4n) is 1.39. The SMILES string of the molecule is CCCNc1snnc1COc1ccc(Cl)c(F)c1. The van der Waals surface area contributed by atoms with Gasteiger partial charge in [0.25, 0.3) is 0 Å². The summed E-state index contributed by atoms with van der Waals surface area (Å²) < 4.78 is 22.6. The van der Waals surface area contributed by atoms with Gasteiger partial charge in [-0.25, -0.2) is 4.39 Å². The molecule has 0 aliphatic carbocycles. The zero-order valence-corrected chi connectivity index (χ0v) is 11.9. The van der Waals surface area contributed by atoms with Crippen LogP contribution >= 0.6 is 23.1 Å². The number of hydrogen-bond acceptors (Lipinski definition) is 5. The minimum absolute atomic E-state index is 0.0768. The van der Waals surface area contributed by atoms with Gasteiger partial charge < -0.3 is 10.1 Å². The molecular formula is C12H13ClFN3OS. The van der Waals surface area contributed by atoms with E-state index in [0.717, 1.165) is 18.0 Å². The van der Waals surface area contributed by atoms with E-state index in [2.05, 4.69) is 21.8 Å². The van der Waals surface area contributed by atoms with Crippen LogP contribution in [-0.2, 0) is 6.61 Å². The number of ether oxygens (including phenoxy) is 1. The molecule has 0 fully saturated rings. The molecule has 1 N–H and O–H groups in total. The Balaban J connectivity index is 1.98. The lowest BCUT2D eigenvalue weighted by molar-refractivity contribution is 0.300. The lowest BCUT2D eigenvalue weighted by Crippen LogP contribution is -2.03. The van der Waals surface area contributed by atoms with E-state index in [9.17, 15) is 4.39 Å². The van der Waals surface area contributed by atoms with Crippen molar-refractivity contribution in [3.05, 3.63) is 34.7 Å². The summed E-state index contributed by atoms with van der Waals surface area (Å²) in [6, 6.07) is 4.33. The Labute approximate surface area is 119 Å². The largest absolute Gasteiger partial charge is 0.487 e. The highest BCUT2D eigenvalue weighted by atomic mass is 35.5. The van der Waals surface area contributed by atoms with Crippen LogP contribution in [0.2, 0.25) is 5.02 Å². The molecule has 0 radical (unpaired) electrons. The summed E-state index contributed by atoms with van der Waals surface area (Å²) in [5.41, 5.74) is 0.716. The molecule has 0 saturated carbocycles. The fourth-order valence-corrected chi connectivity index (χ4v) is 2.10. The van der Waals surface area contributed by atoms with Gasteiger partial charge in [-0.1, -0.05) is 23.0 Å². The standard InChI is InChI=1S/C12H13ClFN3OS/c1-2-5-15-12-11(16-17-19-12)7-18-8-3-4-9(13)10(14)6-8/h3-4,6,15H,2,5,7H2,1H3. The van der Waals surface area contributed by atoms with Crippen molar-refractivity contribution in [2.45, 2.75) is 20.0 Å². The average Bonchev–Trinajstić information content (AvgIpc) is 2.85. The van der Waals surface area contributed by atoms with Crippen LogP contribution < -0.4 is 10.1 Å². The zero-order valence-electron chi connectivity index (χ0n) is 10.3. The van der Waals surface area contributed by atoms with Gasteiger partial charge in [-0.2, -0.15) is 0 Å². The van der Waals surface area contributed by atoms with Crippen molar-refractivity contribution in [3.63, 3.8) is 0 Å². The van der Waals surface area contributed by atoms with E-state index in [1.165, 1.54) is 23.7 Å². The summed E-state index contributed by atoms with van der Waals surface area (Å²) in [4.78, 5) is 0. The Bertz CT molecular complexity index is 550. The smallest absolute Gasteiger partial charge is 0.145 e. The molecular weight excluding hydrogens is 289 g/mol. The van der Waals surface area contributed by atoms with Crippen molar-refractivity contribution in [2.24, 2.45) is 0 Å². The van der Waals surface area contributed by atoms with Gasteiger partial charge in [0.05, 0.1) is 5.02 Å². The van der Waals surface area contributed by atoms with Crippen LogP contribution in [-0.4, -0.2) is 16.1 Å². The van der Waals surface area contributed by atoms with E-state index in [1.807, 2.05) is 0 Å². The Kier molecular flexibility index (Phi) is 4.93. The Morgan fingerprint density at radius 3 is 3.05 bits per heavy atom. The highest BCUT2D eigenvalue weighted by Gasteiger charge is 2.09. The van der Waals surface area contributed by atoms with Gasteiger partial charge in [0, 0.05) is 24.1 Å². The molecule has 2 aromatic rings. The first-order valence-corrected chi connectivity index (χ1v) is 6.98. The number of nitrogens with one attached hydrogen (secondary N) is 1. The average molecular weight is 302 g/mol. The number of hydrogen-bond donors (Lipinski definition) is 1. The predicted octanol–water partition coefficient (Wildman–Crippen LogP) is 3.73. The second-order valence-electron chi connectivity index (χ2n) is 3.84. The van der Waals surface area contributed by atoms with Crippen LogP contribution in [0.4, 0.5) is 9.39 Å². The molecule has 1 heterocycles. The number of nitrogens with zero attached hydrogens (tertiary/aromatic N) is 2.